The topological polar surface area (TPSA) is 80.5 Å². The summed E-state index contributed by atoms with van der Waals surface area (Å²) in [6, 6.07) is 0. The van der Waals surface area contributed by atoms with Gasteiger partial charge in [-0.3, -0.25) is 4.79 Å². The maximum Gasteiger partial charge on any atom is 0.236 e. The molecular weight excluding hydrogens is 272 g/mol. The summed E-state index contributed by atoms with van der Waals surface area (Å²) in [7, 11) is 1.65. The highest BCUT2D eigenvalue weighted by Gasteiger charge is 2.24. The highest BCUT2D eigenvalue weighted by Crippen LogP contribution is 2.19. The van der Waals surface area contributed by atoms with Crippen molar-refractivity contribution in [3.8, 4) is 0 Å². The summed E-state index contributed by atoms with van der Waals surface area (Å²) in [6.07, 6.45) is 2.91. The summed E-state index contributed by atoms with van der Waals surface area (Å²) in [5, 5.41) is 7.03. The minimum atomic E-state index is 0.153. The summed E-state index contributed by atoms with van der Waals surface area (Å²) in [5.74, 6) is 1.90. The third-order valence-corrected chi connectivity index (χ3v) is 3.67. The molecule has 118 valence electrons. The lowest BCUT2D eigenvalue weighted by atomic mass is 9.94. The monoisotopic (exact) mass is 296 g/mol. The molecule has 1 amide bonds. The first-order chi connectivity index (χ1) is 10.2. The lowest BCUT2D eigenvalue weighted by Gasteiger charge is -2.32. The molecule has 1 N–H and O–H groups in total. The second-order valence-electron chi connectivity index (χ2n) is 5.45. The second-order valence-corrected chi connectivity index (χ2v) is 5.45. The Kier molecular flexibility index (Phi) is 6.13. The number of hydrogen-bond acceptors (Lipinski definition) is 6. The number of aryl methyl sites for hydroxylation is 1. The quantitative estimate of drug-likeness (QED) is 0.733. The molecule has 21 heavy (non-hydrogen) atoms. The first-order valence-electron chi connectivity index (χ1n) is 7.45. The molecule has 0 aromatic carbocycles. The Bertz CT molecular complexity index is 449. The molecule has 1 saturated heterocycles. The van der Waals surface area contributed by atoms with Crippen molar-refractivity contribution in [2.75, 3.05) is 39.9 Å². The van der Waals surface area contributed by atoms with Gasteiger partial charge >= 0.3 is 0 Å². The fourth-order valence-electron chi connectivity index (χ4n) is 2.62. The van der Waals surface area contributed by atoms with Crippen molar-refractivity contribution in [3.63, 3.8) is 0 Å². The predicted molar refractivity (Wildman–Crippen MR) is 76.8 cm³/mol. The normalized spacial score (nSPS) is 19.0. The number of carbonyl (C=O) groups excluding carboxylic acids is 1. The summed E-state index contributed by atoms with van der Waals surface area (Å²) >= 11 is 0. The van der Waals surface area contributed by atoms with E-state index in [1.54, 1.807) is 14.0 Å². The third-order valence-electron chi connectivity index (χ3n) is 3.67. The van der Waals surface area contributed by atoms with Crippen LogP contribution in [-0.2, 0) is 16.0 Å². The van der Waals surface area contributed by atoms with Gasteiger partial charge in [0, 0.05) is 40.1 Å². The van der Waals surface area contributed by atoms with Gasteiger partial charge in [0.25, 0.3) is 0 Å². The molecule has 1 atom stereocenters. The number of piperidine rings is 1. The molecule has 0 aliphatic carbocycles. The maximum absolute atomic E-state index is 12.1. The number of carbonyl (C=O) groups is 1. The Morgan fingerprint density at radius 1 is 1.57 bits per heavy atom. The Morgan fingerprint density at radius 3 is 3.14 bits per heavy atom. The highest BCUT2D eigenvalue weighted by molar-refractivity contribution is 5.78. The van der Waals surface area contributed by atoms with E-state index in [0.29, 0.717) is 31.5 Å². The number of nitrogens with zero attached hydrogens (tertiary/aromatic N) is 3. The van der Waals surface area contributed by atoms with Crippen LogP contribution in [0, 0.1) is 12.8 Å². The highest BCUT2D eigenvalue weighted by atomic mass is 16.5. The molecule has 1 fully saturated rings. The van der Waals surface area contributed by atoms with E-state index in [9.17, 15) is 4.79 Å². The van der Waals surface area contributed by atoms with Gasteiger partial charge in [-0.25, -0.2) is 0 Å². The van der Waals surface area contributed by atoms with Crippen LogP contribution in [0.3, 0.4) is 0 Å². The minimum Gasteiger partial charge on any atom is -0.383 e. The average Bonchev–Trinajstić information content (AvgIpc) is 2.89. The van der Waals surface area contributed by atoms with Crippen LogP contribution in [0.1, 0.15) is 24.6 Å². The maximum atomic E-state index is 12.1. The number of aromatic nitrogens is 2. The standard InChI is InChI=1S/C14H24N4O3/c1-11-16-13(17-21-11)8-12-4-3-6-18(10-12)14(19)9-15-5-7-20-2/h12,15H,3-10H2,1-2H3. The van der Waals surface area contributed by atoms with Crippen LogP contribution < -0.4 is 5.32 Å². The van der Waals surface area contributed by atoms with E-state index in [4.69, 9.17) is 9.26 Å². The Hall–Kier alpha value is -1.47. The molecule has 2 rings (SSSR count). The molecule has 0 radical (unpaired) electrons. The lowest BCUT2D eigenvalue weighted by Crippen LogP contribution is -2.44. The predicted octanol–water partition coefficient (Wildman–Crippen LogP) is 0.395. The molecular formula is C14H24N4O3. The third kappa shape index (κ3) is 5.09. The summed E-state index contributed by atoms with van der Waals surface area (Å²) in [6.45, 7) is 5.09. The van der Waals surface area contributed by atoms with Crippen LogP contribution in [0.4, 0.5) is 0 Å². The van der Waals surface area contributed by atoms with E-state index >= 15 is 0 Å². The molecule has 0 saturated carbocycles. The van der Waals surface area contributed by atoms with Crippen LogP contribution in [0.15, 0.2) is 4.52 Å². The van der Waals surface area contributed by atoms with Crippen LogP contribution in [-0.4, -0.2) is 60.8 Å². The van der Waals surface area contributed by atoms with E-state index in [0.717, 1.165) is 38.2 Å². The SMILES string of the molecule is COCCNCC(=O)N1CCCC(Cc2noc(C)n2)C1. The van der Waals surface area contributed by atoms with Crippen molar-refractivity contribution >= 4 is 5.91 Å². The van der Waals surface area contributed by atoms with Gasteiger partial charge in [-0.15, -0.1) is 0 Å². The van der Waals surface area contributed by atoms with Crippen molar-refractivity contribution in [2.45, 2.75) is 26.2 Å². The Labute approximate surface area is 125 Å². The molecule has 0 spiro atoms. The van der Waals surface area contributed by atoms with Gasteiger partial charge < -0.3 is 19.5 Å². The van der Waals surface area contributed by atoms with Crippen molar-refractivity contribution in [3.05, 3.63) is 11.7 Å². The number of likely N-dealkylation sites (tertiary alicyclic amines) is 1. The minimum absolute atomic E-state index is 0.153. The smallest absolute Gasteiger partial charge is 0.236 e. The number of nitrogens with one attached hydrogen (secondary N) is 1. The van der Waals surface area contributed by atoms with Crippen molar-refractivity contribution in [2.24, 2.45) is 5.92 Å². The van der Waals surface area contributed by atoms with E-state index in [1.165, 1.54) is 0 Å². The zero-order chi connectivity index (χ0) is 15.1. The Morgan fingerprint density at radius 2 is 2.43 bits per heavy atom. The molecule has 1 aliphatic rings. The zero-order valence-electron chi connectivity index (χ0n) is 12.8. The zero-order valence-corrected chi connectivity index (χ0v) is 12.8. The van der Waals surface area contributed by atoms with Gasteiger partial charge in [-0.05, 0) is 18.8 Å². The van der Waals surface area contributed by atoms with Crippen molar-refractivity contribution < 1.29 is 14.1 Å². The van der Waals surface area contributed by atoms with Crippen LogP contribution in [0.2, 0.25) is 0 Å². The molecule has 2 heterocycles. The fourth-order valence-corrected chi connectivity index (χ4v) is 2.62. The molecule has 1 unspecified atom stereocenters. The summed E-state index contributed by atoms with van der Waals surface area (Å²) < 4.78 is 9.94. The van der Waals surface area contributed by atoms with Crippen LogP contribution in [0.25, 0.3) is 0 Å². The number of hydrogen-bond donors (Lipinski definition) is 1. The number of methoxy groups -OCH3 is 1. The summed E-state index contributed by atoms with van der Waals surface area (Å²) in [5.41, 5.74) is 0. The first kappa shape index (κ1) is 15.9. The van der Waals surface area contributed by atoms with Crippen LogP contribution >= 0.6 is 0 Å². The largest absolute Gasteiger partial charge is 0.383 e. The van der Waals surface area contributed by atoms with Crippen molar-refractivity contribution in [1.29, 1.82) is 0 Å². The number of ether oxygens (including phenoxy) is 1. The number of rotatable bonds is 7. The molecule has 1 aliphatic heterocycles. The molecule has 7 heteroatoms. The summed E-state index contributed by atoms with van der Waals surface area (Å²) in [4.78, 5) is 18.3. The van der Waals surface area contributed by atoms with Gasteiger partial charge in [0.15, 0.2) is 5.82 Å². The number of amides is 1. The first-order valence-corrected chi connectivity index (χ1v) is 7.45. The van der Waals surface area contributed by atoms with E-state index in [2.05, 4.69) is 15.5 Å². The fraction of sp³-hybridized carbons (Fsp3) is 0.786. The lowest BCUT2D eigenvalue weighted by molar-refractivity contribution is -0.132. The van der Waals surface area contributed by atoms with Gasteiger partial charge in [-0.1, -0.05) is 5.16 Å². The Balaban J connectivity index is 1.76. The van der Waals surface area contributed by atoms with Gasteiger partial charge in [-0.2, -0.15) is 4.98 Å². The molecule has 1 aromatic rings. The molecule has 1 aromatic heterocycles. The van der Waals surface area contributed by atoms with E-state index in [-0.39, 0.29) is 5.91 Å². The van der Waals surface area contributed by atoms with Crippen molar-refractivity contribution in [1.82, 2.24) is 20.4 Å². The van der Waals surface area contributed by atoms with E-state index < -0.39 is 0 Å². The van der Waals surface area contributed by atoms with Gasteiger partial charge in [0.05, 0.1) is 13.2 Å². The molecule has 7 nitrogen and oxygen atoms in total. The van der Waals surface area contributed by atoms with E-state index in [1.807, 2.05) is 4.90 Å². The second kappa shape index (κ2) is 8.09. The molecule has 0 bridgehead atoms. The average molecular weight is 296 g/mol. The van der Waals surface area contributed by atoms with Gasteiger partial charge in [0.1, 0.15) is 0 Å². The van der Waals surface area contributed by atoms with Gasteiger partial charge in [0.2, 0.25) is 11.8 Å². The van der Waals surface area contributed by atoms with Crippen LogP contribution in [0.5, 0.6) is 0 Å².